The van der Waals surface area contributed by atoms with Gasteiger partial charge in [-0.15, -0.1) is 0 Å². The van der Waals surface area contributed by atoms with Crippen LogP contribution in [0.5, 0.6) is 5.75 Å². The largest absolute Gasteiger partial charge is 0.493 e. The zero-order valence-electron chi connectivity index (χ0n) is 12.2. The average Bonchev–Trinajstić information content (AvgIpc) is 3.04. The van der Waals surface area contributed by atoms with Gasteiger partial charge >= 0.3 is 0 Å². The molecular weight excluding hydrogens is 314 g/mol. The van der Waals surface area contributed by atoms with E-state index in [2.05, 4.69) is 27.6 Å². The van der Waals surface area contributed by atoms with E-state index in [4.69, 9.17) is 16.3 Å². The van der Waals surface area contributed by atoms with E-state index in [0.29, 0.717) is 17.3 Å². The van der Waals surface area contributed by atoms with Crippen molar-refractivity contribution in [3.8, 4) is 5.75 Å². The van der Waals surface area contributed by atoms with Crippen molar-refractivity contribution < 1.29 is 4.74 Å². The average molecular weight is 328 g/mol. The van der Waals surface area contributed by atoms with Crippen LogP contribution in [0.25, 0.3) is 10.8 Å². The summed E-state index contributed by atoms with van der Waals surface area (Å²) in [5.74, 6) is 0.983. The SMILES string of the molecule is O=c1[nH]nc(Cl)c2cc(NCc3ccc4c(c3)CCO4)ccc12. The molecule has 0 aliphatic carbocycles. The molecule has 116 valence electrons. The van der Waals surface area contributed by atoms with Gasteiger partial charge < -0.3 is 10.1 Å². The van der Waals surface area contributed by atoms with Crippen molar-refractivity contribution in [2.24, 2.45) is 0 Å². The van der Waals surface area contributed by atoms with Gasteiger partial charge in [-0.25, -0.2) is 5.10 Å². The van der Waals surface area contributed by atoms with Gasteiger partial charge in [0.05, 0.1) is 12.0 Å². The molecular formula is C17H14ClN3O2. The summed E-state index contributed by atoms with van der Waals surface area (Å²) in [6, 6.07) is 11.7. The maximum atomic E-state index is 11.7. The van der Waals surface area contributed by atoms with Gasteiger partial charge in [0.15, 0.2) is 5.15 Å². The van der Waals surface area contributed by atoms with Gasteiger partial charge in [-0.3, -0.25) is 4.79 Å². The van der Waals surface area contributed by atoms with Crippen LogP contribution in [0.2, 0.25) is 5.15 Å². The van der Waals surface area contributed by atoms with Crippen LogP contribution >= 0.6 is 11.6 Å². The van der Waals surface area contributed by atoms with Crippen LogP contribution in [-0.4, -0.2) is 16.8 Å². The first-order valence-corrected chi connectivity index (χ1v) is 7.75. The number of nitrogens with zero attached hydrogens (tertiary/aromatic N) is 1. The summed E-state index contributed by atoms with van der Waals surface area (Å²) in [5.41, 5.74) is 3.09. The van der Waals surface area contributed by atoms with Crippen molar-refractivity contribution in [3.63, 3.8) is 0 Å². The Balaban J connectivity index is 1.58. The third kappa shape index (κ3) is 2.64. The van der Waals surface area contributed by atoms with Gasteiger partial charge in [0.25, 0.3) is 5.56 Å². The summed E-state index contributed by atoms with van der Waals surface area (Å²) < 4.78 is 5.51. The predicted octanol–water partition coefficient (Wildman–Crippen LogP) is 3.12. The fraction of sp³-hybridized carbons (Fsp3) is 0.176. The van der Waals surface area contributed by atoms with Crippen molar-refractivity contribution in [2.75, 3.05) is 11.9 Å². The molecule has 2 aromatic carbocycles. The Bertz CT molecular complexity index is 952. The quantitative estimate of drug-likeness (QED) is 0.775. The first-order chi connectivity index (χ1) is 11.2. The molecule has 3 aromatic rings. The minimum atomic E-state index is -0.241. The molecule has 6 heteroatoms. The van der Waals surface area contributed by atoms with Gasteiger partial charge in [0.2, 0.25) is 0 Å². The fourth-order valence-electron chi connectivity index (χ4n) is 2.80. The molecule has 0 atom stereocenters. The summed E-state index contributed by atoms with van der Waals surface area (Å²) in [5, 5.41) is 11.0. The molecule has 0 bridgehead atoms. The van der Waals surface area contributed by atoms with E-state index in [0.717, 1.165) is 24.5 Å². The van der Waals surface area contributed by atoms with Crippen molar-refractivity contribution >= 4 is 28.1 Å². The van der Waals surface area contributed by atoms with Crippen molar-refractivity contribution in [2.45, 2.75) is 13.0 Å². The topological polar surface area (TPSA) is 67.0 Å². The maximum absolute atomic E-state index is 11.7. The van der Waals surface area contributed by atoms with Crippen LogP contribution in [0.1, 0.15) is 11.1 Å². The van der Waals surface area contributed by atoms with E-state index >= 15 is 0 Å². The maximum Gasteiger partial charge on any atom is 0.272 e. The molecule has 0 saturated carbocycles. The Morgan fingerprint density at radius 1 is 1.22 bits per heavy atom. The molecule has 2 N–H and O–H groups in total. The van der Waals surface area contributed by atoms with Gasteiger partial charge in [-0.1, -0.05) is 23.7 Å². The Hall–Kier alpha value is -2.53. The third-order valence-corrected chi connectivity index (χ3v) is 4.28. The standard InChI is InChI=1S/C17H14ClN3O2/c18-16-14-8-12(2-3-13(14)17(22)21-20-16)19-9-10-1-4-15-11(7-10)5-6-23-15/h1-4,7-8,19H,5-6,9H2,(H,21,22). The molecule has 1 aliphatic rings. The van der Waals surface area contributed by atoms with Crippen LogP contribution in [0, 0.1) is 0 Å². The summed E-state index contributed by atoms with van der Waals surface area (Å²) in [7, 11) is 0. The molecule has 0 spiro atoms. The van der Waals surface area contributed by atoms with Gasteiger partial charge in [-0.2, -0.15) is 5.10 Å². The number of benzene rings is 2. The number of ether oxygens (including phenoxy) is 1. The molecule has 2 heterocycles. The van der Waals surface area contributed by atoms with E-state index < -0.39 is 0 Å². The fourth-order valence-corrected chi connectivity index (χ4v) is 3.00. The van der Waals surface area contributed by atoms with E-state index in [1.54, 1.807) is 6.07 Å². The first kappa shape index (κ1) is 14.1. The lowest BCUT2D eigenvalue weighted by molar-refractivity contribution is 0.357. The first-order valence-electron chi connectivity index (χ1n) is 7.37. The number of fused-ring (bicyclic) bond motifs is 2. The zero-order valence-corrected chi connectivity index (χ0v) is 13.0. The molecule has 0 unspecified atom stereocenters. The molecule has 23 heavy (non-hydrogen) atoms. The van der Waals surface area contributed by atoms with Crippen molar-refractivity contribution in [1.29, 1.82) is 0 Å². The molecule has 0 fully saturated rings. The van der Waals surface area contributed by atoms with Crippen molar-refractivity contribution in [1.82, 2.24) is 10.2 Å². The van der Waals surface area contributed by atoms with E-state index in [9.17, 15) is 4.79 Å². The second kappa shape index (κ2) is 5.59. The van der Waals surface area contributed by atoms with Crippen LogP contribution in [0.3, 0.4) is 0 Å². The predicted molar refractivity (Wildman–Crippen MR) is 90.3 cm³/mol. The lowest BCUT2D eigenvalue weighted by Crippen LogP contribution is -2.08. The number of anilines is 1. The van der Waals surface area contributed by atoms with E-state index in [1.807, 2.05) is 18.2 Å². The van der Waals surface area contributed by atoms with Gasteiger partial charge in [0, 0.05) is 24.0 Å². The lowest BCUT2D eigenvalue weighted by atomic mass is 10.1. The number of halogens is 1. The highest BCUT2D eigenvalue weighted by molar-refractivity contribution is 6.34. The number of nitrogens with one attached hydrogen (secondary N) is 2. The third-order valence-electron chi connectivity index (χ3n) is 3.99. The Morgan fingerprint density at radius 3 is 3.04 bits per heavy atom. The highest BCUT2D eigenvalue weighted by atomic mass is 35.5. The number of aromatic nitrogens is 2. The number of rotatable bonds is 3. The highest BCUT2D eigenvalue weighted by Gasteiger charge is 2.12. The lowest BCUT2D eigenvalue weighted by Gasteiger charge is -2.09. The Morgan fingerprint density at radius 2 is 2.13 bits per heavy atom. The van der Waals surface area contributed by atoms with E-state index in [-0.39, 0.29) is 10.7 Å². The molecule has 1 aromatic heterocycles. The molecule has 0 amide bonds. The minimum Gasteiger partial charge on any atom is -0.493 e. The van der Waals surface area contributed by atoms with Crippen LogP contribution < -0.4 is 15.6 Å². The molecule has 1 aliphatic heterocycles. The minimum absolute atomic E-state index is 0.241. The highest BCUT2D eigenvalue weighted by Crippen LogP contribution is 2.26. The monoisotopic (exact) mass is 327 g/mol. The molecule has 0 saturated heterocycles. The summed E-state index contributed by atoms with van der Waals surface area (Å²) in [6.45, 7) is 1.45. The van der Waals surface area contributed by atoms with Crippen LogP contribution in [-0.2, 0) is 13.0 Å². The molecule has 5 nitrogen and oxygen atoms in total. The Kier molecular flexibility index (Phi) is 3.42. The smallest absolute Gasteiger partial charge is 0.272 e. The van der Waals surface area contributed by atoms with Gasteiger partial charge in [0.1, 0.15) is 5.75 Å². The van der Waals surface area contributed by atoms with E-state index in [1.165, 1.54) is 11.1 Å². The summed E-state index contributed by atoms with van der Waals surface area (Å²) in [4.78, 5) is 11.7. The molecule has 0 radical (unpaired) electrons. The second-order valence-electron chi connectivity index (χ2n) is 5.50. The molecule has 4 rings (SSSR count). The van der Waals surface area contributed by atoms with Crippen LogP contribution in [0.4, 0.5) is 5.69 Å². The number of H-pyrrole nitrogens is 1. The number of aromatic amines is 1. The normalized spacial score (nSPS) is 12.9. The number of hydrogen-bond acceptors (Lipinski definition) is 4. The second-order valence-corrected chi connectivity index (χ2v) is 5.86. The summed E-state index contributed by atoms with van der Waals surface area (Å²) >= 11 is 6.06. The number of hydrogen-bond donors (Lipinski definition) is 2. The summed E-state index contributed by atoms with van der Waals surface area (Å²) in [6.07, 6.45) is 0.962. The van der Waals surface area contributed by atoms with Crippen LogP contribution in [0.15, 0.2) is 41.2 Å². The van der Waals surface area contributed by atoms with Crippen molar-refractivity contribution in [3.05, 3.63) is 63.0 Å². The Labute approximate surface area is 137 Å². The zero-order chi connectivity index (χ0) is 15.8. The van der Waals surface area contributed by atoms with Gasteiger partial charge in [-0.05, 0) is 35.4 Å².